The van der Waals surface area contributed by atoms with Crippen molar-refractivity contribution in [3.8, 4) is 5.75 Å². The summed E-state index contributed by atoms with van der Waals surface area (Å²) in [5.74, 6) is 1.87. The predicted octanol–water partition coefficient (Wildman–Crippen LogP) is 2.51. The number of nitrogens with one attached hydrogen (secondary N) is 1. The van der Waals surface area contributed by atoms with Crippen LogP contribution >= 0.6 is 12.4 Å². The van der Waals surface area contributed by atoms with Gasteiger partial charge in [-0.2, -0.15) is 0 Å². The number of fused-ring (bicyclic) bond motifs is 1. The van der Waals surface area contributed by atoms with Gasteiger partial charge >= 0.3 is 0 Å². The van der Waals surface area contributed by atoms with Crippen molar-refractivity contribution >= 4 is 12.4 Å². The van der Waals surface area contributed by atoms with Gasteiger partial charge in [-0.15, -0.1) is 12.4 Å². The molecule has 1 aromatic rings. The molecule has 16 heavy (non-hydrogen) atoms. The highest BCUT2D eigenvalue weighted by Crippen LogP contribution is 2.32. The van der Waals surface area contributed by atoms with Gasteiger partial charge in [-0.25, -0.2) is 0 Å². The minimum absolute atomic E-state index is 0. The molecule has 2 heterocycles. The first-order valence-electron chi connectivity index (χ1n) is 5.90. The molecule has 0 radical (unpaired) electrons. The monoisotopic (exact) mass is 239 g/mol. The van der Waals surface area contributed by atoms with Gasteiger partial charge in [0.1, 0.15) is 5.75 Å². The maximum absolute atomic E-state index is 5.61. The summed E-state index contributed by atoms with van der Waals surface area (Å²) in [5, 5.41) is 3.41. The van der Waals surface area contributed by atoms with E-state index in [4.69, 9.17) is 4.74 Å². The molecule has 1 fully saturated rings. The number of rotatable bonds is 1. The number of hydrogen-bond donors (Lipinski definition) is 1. The number of piperidine rings is 1. The van der Waals surface area contributed by atoms with Crippen molar-refractivity contribution in [1.29, 1.82) is 0 Å². The van der Waals surface area contributed by atoms with Gasteiger partial charge in [-0.1, -0.05) is 12.1 Å². The summed E-state index contributed by atoms with van der Waals surface area (Å²) < 4.78 is 5.61. The van der Waals surface area contributed by atoms with Crippen molar-refractivity contribution in [2.24, 2.45) is 0 Å². The minimum atomic E-state index is 0. The molecule has 3 rings (SSSR count). The van der Waals surface area contributed by atoms with Gasteiger partial charge in [0.15, 0.2) is 0 Å². The van der Waals surface area contributed by atoms with Crippen LogP contribution in [0.5, 0.6) is 5.75 Å². The van der Waals surface area contributed by atoms with Crippen molar-refractivity contribution in [1.82, 2.24) is 5.32 Å². The second kappa shape index (κ2) is 5.07. The summed E-state index contributed by atoms with van der Waals surface area (Å²) in [6, 6.07) is 6.81. The van der Waals surface area contributed by atoms with Gasteiger partial charge in [-0.05, 0) is 49.0 Å². The number of ether oxygens (including phenoxy) is 1. The van der Waals surface area contributed by atoms with Crippen LogP contribution in [-0.2, 0) is 6.42 Å². The topological polar surface area (TPSA) is 21.3 Å². The molecule has 1 saturated heterocycles. The maximum atomic E-state index is 5.61. The maximum Gasteiger partial charge on any atom is 0.122 e. The second-order valence-corrected chi connectivity index (χ2v) is 4.49. The molecule has 88 valence electrons. The summed E-state index contributed by atoms with van der Waals surface area (Å²) in [6.45, 7) is 3.18. The third kappa shape index (κ3) is 2.18. The van der Waals surface area contributed by atoms with Gasteiger partial charge < -0.3 is 10.1 Å². The van der Waals surface area contributed by atoms with Gasteiger partial charge in [0.05, 0.1) is 6.61 Å². The van der Waals surface area contributed by atoms with E-state index in [1.165, 1.54) is 24.0 Å². The van der Waals surface area contributed by atoms with Crippen LogP contribution in [0, 0.1) is 0 Å². The predicted molar refractivity (Wildman–Crippen MR) is 67.7 cm³/mol. The highest BCUT2D eigenvalue weighted by atomic mass is 35.5. The van der Waals surface area contributed by atoms with E-state index in [-0.39, 0.29) is 12.4 Å². The molecule has 0 atom stereocenters. The van der Waals surface area contributed by atoms with Crippen LogP contribution in [0.4, 0.5) is 0 Å². The first-order chi connectivity index (χ1) is 7.43. The molecule has 0 aliphatic carbocycles. The Balaban J connectivity index is 0.000000963. The van der Waals surface area contributed by atoms with E-state index in [2.05, 4.69) is 23.5 Å². The first-order valence-corrected chi connectivity index (χ1v) is 5.90. The van der Waals surface area contributed by atoms with Crippen molar-refractivity contribution in [3.63, 3.8) is 0 Å². The fourth-order valence-electron chi connectivity index (χ4n) is 2.59. The molecular weight excluding hydrogens is 222 g/mol. The zero-order valence-electron chi connectivity index (χ0n) is 9.37. The molecule has 1 aromatic carbocycles. The summed E-state index contributed by atoms with van der Waals surface area (Å²) in [5.41, 5.74) is 2.85. The Bertz CT molecular complexity index is 361. The molecular formula is C13H18ClNO. The summed E-state index contributed by atoms with van der Waals surface area (Å²) in [7, 11) is 0. The number of benzene rings is 1. The third-order valence-electron chi connectivity index (χ3n) is 3.53. The second-order valence-electron chi connectivity index (χ2n) is 4.49. The van der Waals surface area contributed by atoms with Crippen LogP contribution in [0.25, 0.3) is 0 Å². The molecule has 2 aliphatic rings. The van der Waals surface area contributed by atoms with E-state index >= 15 is 0 Å². The van der Waals surface area contributed by atoms with E-state index in [0.29, 0.717) is 0 Å². The van der Waals surface area contributed by atoms with E-state index in [0.717, 1.165) is 37.8 Å². The highest BCUT2D eigenvalue weighted by Gasteiger charge is 2.18. The van der Waals surface area contributed by atoms with E-state index in [9.17, 15) is 0 Å². The first kappa shape index (κ1) is 11.7. The van der Waals surface area contributed by atoms with Crippen LogP contribution < -0.4 is 10.1 Å². The lowest BCUT2D eigenvalue weighted by Gasteiger charge is -2.23. The van der Waals surface area contributed by atoms with Crippen molar-refractivity contribution < 1.29 is 4.74 Å². The normalized spacial score (nSPS) is 19.8. The van der Waals surface area contributed by atoms with Crippen LogP contribution in [0.15, 0.2) is 18.2 Å². The van der Waals surface area contributed by atoms with Gasteiger partial charge in [0, 0.05) is 6.42 Å². The summed E-state index contributed by atoms with van der Waals surface area (Å²) >= 11 is 0. The van der Waals surface area contributed by atoms with Crippen molar-refractivity contribution in [3.05, 3.63) is 29.3 Å². The van der Waals surface area contributed by atoms with Gasteiger partial charge in [0.25, 0.3) is 0 Å². The Morgan fingerprint density at radius 2 is 2.00 bits per heavy atom. The average molecular weight is 240 g/mol. The lowest BCUT2D eigenvalue weighted by Crippen LogP contribution is -2.26. The van der Waals surface area contributed by atoms with Crippen LogP contribution in [0.3, 0.4) is 0 Å². The summed E-state index contributed by atoms with van der Waals surface area (Å²) in [6.07, 6.45) is 3.61. The Morgan fingerprint density at radius 3 is 2.81 bits per heavy atom. The number of halogens is 1. The Hall–Kier alpha value is -0.730. The molecule has 0 spiro atoms. The van der Waals surface area contributed by atoms with Gasteiger partial charge in [0.2, 0.25) is 0 Å². The third-order valence-corrected chi connectivity index (χ3v) is 3.53. The Morgan fingerprint density at radius 1 is 1.19 bits per heavy atom. The van der Waals surface area contributed by atoms with Crippen molar-refractivity contribution in [2.75, 3.05) is 19.7 Å². The molecule has 0 unspecified atom stereocenters. The van der Waals surface area contributed by atoms with E-state index < -0.39 is 0 Å². The molecule has 0 bridgehead atoms. The molecule has 1 N–H and O–H groups in total. The quantitative estimate of drug-likeness (QED) is 0.813. The largest absolute Gasteiger partial charge is 0.493 e. The fraction of sp³-hybridized carbons (Fsp3) is 0.538. The zero-order chi connectivity index (χ0) is 10.1. The van der Waals surface area contributed by atoms with Crippen molar-refractivity contribution in [2.45, 2.75) is 25.2 Å². The molecule has 0 amide bonds. The van der Waals surface area contributed by atoms with Crippen LogP contribution in [0.1, 0.15) is 29.9 Å². The molecule has 2 nitrogen and oxygen atoms in total. The molecule has 3 heteroatoms. The van der Waals surface area contributed by atoms with E-state index in [1.807, 2.05) is 0 Å². The number of hydrogen-bond acceptors (Lipinski definition) is 2. The smallest absolute Gasteiger partial charge is 0.122 e. The van der Waals surface area contributed by atoms with Crippen LogP contribution in [0.2, 0.25) is 0 Å². The SMILES string of the molecule is Cl.c1cc2c(cc1C1CCNCC1)OCC2. The summed E-state index contributed by atoms with van der Waals surface area (Å²) in [4.78, 5) is 0. The van der Waals surface area contributed by atoms with Gasteiger partial charge in [-0.3, -0.25) is 0 Å². The van der Waals surface area contributed by atoms with Crippen LogP contribution in [-0.4, -0.2) is 19.7 Å². The Kier molecular flexibility index (Phi) is 3.72. The fourth-order valence-corrected chi connectivity index (χ4v) is 2.59. The highest BCUT2D eigenvalue weighted by molar-refractivity contribution is 5.85. The minimum Gasteiger partial charge on any atom is -0.493 e. The molecule has 2 aliphatic heterocycles. The Labute approximate surface area is 103 Å². The molecule has 0 aromatic heterocycles. The average Bonchev–Trinajstić information content (AvgIpc) is 2.77. The zero-order valence-corrected chi connectivity index (χ0v) is 10.2. The molecule has 0 saturated carbocycles. The lowest BCUT2D eigenvalue weighted by molar-refractivity contribution is 0.356. The standard InChI is InChI=1S/C13H17NO.ClH/c1-2-12(10-3-6-14-7-4-10)9-13-11(1)5-8-15-13;/h1-2,9-10,14H,3-8H2;1H. The lowest BCUT2D eigenvalue weighted by atomic mass is 9.89. The van der Waals surface area contributed by atoms with E-state index in [1.54, 1.807) is 0 Å².